The first-order chi connectivity index (χ1) is 9.06. The van der Waals surface area contributed by atoms with Gasteiger partial charge in [0.05, 0.1) is 12.2 Å². The Hall–Kier alpha value is -1.59. The van der Waals surface area contributed by atoms with Gasteiger partial charge in [-0.25, -0.2) is 0 Å². The number of aliphatic hydroxyl groups excluding tert-OH is 2. The molecule has 104 valence electrons. The second-order valence-corrected chi connectivity index (χ2v) is 5.00. The van der Waals surface area contributed by atoms with E-state index in [0.717, 1.165) is 5.56 Å². The highest BCUT2D eigenvalue weighted by atomic mass is 16.3. The van der Waals surface area contributed by atoms with Crippen molar-refractivity contribution in [1.29, 1.82) is 0 Å². The summed E-state index contributed by atoms with van der Waals surface area (Å²) in [5.41, 5.74) is 7.38. The quantitative estimate of drug-likeness (QED) is 0.679. The Morgan fingerprint density at radius 1 is 1.26 bits per heavy atom. The van der Waals surface area contributed by atoms with Crippen LogP contribution in [-0.2, 0) is 11.2 Å². The number of β-amino-alcohol motifs (C(OH)–C–C–N with tert-alkyl or cyclic N) is 1. The lowest BCUT2D eigenvalue weighted by atomic mass is 10.0. The number of amides is 1. The van der Waals surface area contributed by atoms with E-state index in [1.54, 1.807) is 4.90 Å². The molecule has 1 aliphatic heterocycles. The second kappa shape index (κ2) is 6.04. The Bertz CT molecular complexity index is 433. The third kappa shape index (κ3) is 3.68. The number of nitrogen functional groups attached to an aromatic ring is 1. The fourth-order valence-electron chi connectivity index (χ4n) is 2.24. The zero-order valence-corrected chi connectivity index (χ0v) is 10.8. The molecule has 5 heteroatoms. The van der Waals surface area contributed by atoms with Crippen LogP contribution in [0.3, 0.4) is 0 Å². The van der Waals surface area contributed by atoms with Crippen LogP contribution in [0.2, 0.25) is 0 Å². The lowest BCUT2D eigenvalue weighted by molar-refractivity contribution is -0.137. The summed E-state index contributed by atoms with van der Waals surface area (Å²) in [5, 5.41) is 19.0. The number of rotatable bonds is 3. The van der Waals surface area contributed by atoms with E-state index in [9.17, 15) is 15.0 Å². The number of piperidine rings is 1. The Balaban J connectivity index is 1.83. The van der Waals surface area contributed by atoms with Gasteiger partial charge in [-0.15, -0.1) is 0 Å². The van der Waals surface area contributed by atoms with Gasteiger partial charge in [-0.2, -0.15) is 0 Å². The topological polar surface area (TPSA) is 86.8 Å². The Morgan fingerprint density at radius 2 is 1.95 bits per heavy atom. The number of nitrogens with zero attached hydrogens (tertiary/aromatic N) is 1. The summed E-state index contributed by atoms with van der Waals surface area (Å²) in [6, 6.07) is 7.47. The fourth-order valence-corrected chi connectivity index (χ4v) is 2.24. The molecule has 1 heterocycles. The largest absolute Gasteiger partial charge is 0.399 e. The molecule has 4 N–H and O–H groups in total. The number of carbonyl (C=O) groups excluding carboxylic acids is 1. The molecule has 1 aliphatic rings. The van der Waals surface area contributed by atoms with Crippen molar-refractivity contribution >= 4 is 11.6 Å². The molecule has 19 heavy (non-hydrogen) atoms. The number of likely N-dealkylation sites (tertiary alicyclic amines) is 1. The number of benzene rings is 1. The molecule has 0 unspecified atom stereocenters. The van der Waals surface area contributed by atoms with Crippen LogP contribution in [0.1, 0.15) is 18.4 Å². The summed E-state index contributed by atoms with van der Waals surface area (Å²) < 4.78 is 0. The first-order valence-corrected chi connectivity index (χ1v) is 6.54. The number of aliphatic hydroxyl groups is 2. The van der Waals surface area contributed by atoms with E-state index in [2.05, 4.69) is 0 Å². The van der Waals surface area contributed by atoms with Crippen LogP contribution in [0.5, 0.6) is 0 Å². The summed E-state index contributed by atoms with van der Waals surface area (Å²) in [6.45, 7) is 0.737. The van der Waals surface area contributed by atoms with Crippen molar-refractivity contribution in [2.45, 2.75) is 31.5 Å². The Kier molecular flexibility index (Phi) is 4.39. The maximum Gasteiger partial charge on any atom is 0.222 e. The monoisotopic (exact) mass is 264 g/mol. The smallest absolute Gasteiger partial charge is 0.222 e. The summed E-state index contributed by atoms with van der Waals surface area (Å²) in [5.74, 6) is 0.0165. The van der Waals surface area contributed by atoms with Crippen molar-refractivity contribution < 1.29 is 15.0 Å². The second-order valence-electron chi connectivity index (χ2n) is 5.00. The Labute approximate surface area is 112 Å². The number of nitrogens with two attached hydrogens (primary N) is 1. The van der Waals surface area contributed by atoms with Crippen LogP contribution < -0.4 is 5.73 Å². The first-order valence-electron chi connectivity index (χ1n) is 6.54. The van der Waals surface area contributed by atoms with Gasteiger partial charge in [0.2, 0.25) is 5.91 Å². The van der Waals surface area contributed by atoms with Gasteiger partial charge in [-0.3, -0.25) is 4.79 Å². The highest BCUT2D eigenvalue weighted by Gasteiger charge is 2.28. The van der Waals surface area contributed by atoms with Crippen LogP contribution in [0.15, 0.2) is 24.3 Å². The Morgan fingerprint density at radius 3 is 2.58 bits per heavy atom. The van der Waals surface area contributed by atoms with E-state index >= 15 is 0 Å². The maximum absolute atomic E-state index is 12.0. The molecular weight excluding hydrogens is 244 g/mol. The zero-order valence-electron chi connectivity index (χ0n) is 10.8. The predicted molar refractivity (Wildman–Crippen MR) is 72.4 cm³/mol. The SMILES string of the molecule is Nc1ccc(CCC(=O)N2CC[C@H](O)[C@@H](O)C2)cc1. The van der Waals surface area contributed by atoms with Crippen LogP contribution in [0.4, 0.5) is 5.69 Å². The van der Waals surface area contributed by atoms with Crippen LogP contribution in [-0.4, -0.2) is 46.3 Å². The van der Waals surface area contributed by atoms with E-state index in [1.807, 2.05) is 24.3 Å². The molecule has 0 bridgehead atoms. The van der Waals surface area contributed by atoms with Crippen LogP contribution >= 0.6 is 0 Å². The molecule has 1 aromatic rings. The zero-order chi connectivity index (χ0) is 13.8. The van der Waals surface area contributed by atoms with E-state index in [4.69, 9.17) is 5.73 Å². The molecule has 0 aliphatic carbocycles. The van der Waals surface area contributed by atoms with Crippen molar-refractivity contribution in [2.75, 3.05) is 18.8 Å². The molecule has 2 rings (SSSR count). The average molecular weight is 264 g/mol. The van der Waals surface area contributed by atoms with Gasteiger partial charge in [0.1, 0.15) is 0 Å². The summed E-state index contributed by atoms with van der Waals surface area (Å²) in [6.07, 6.45) is -0.0224. The lowest BCUT2D eigenvalue weighted by Crippen LogP contribution is -2.49. The molecule has 0 saturated carbocycles. The number of aryl methyl sites for hydroxylation is 1. The minimum Gasteiger partial charge on any atom is -0.399 e. The summed E-state index contributed by atoms with van der Waals surface area (Å²) >= 11 is 0. The minimum atomic E-state index is -0.825. The van der Waals surface area contributed by atoms with Gasteiger partial charge in [0.25, 0.3) is 0 Å². The third-order valence-corrected chi connectivity index (χ3v) is 3.51. The molecule has 0 aromatic heterocycles. The van der Waals surface area contributed by atoms with Gasteiger partial charge in [0, 0.05) is 25.2 Å². The summed E-state index contributed by atoms with van der Waals surface area (Å²) in [7, 11) is 0. The molecule has 0 radical (unpaired) electrons. The molecule has 2 atom stereocenters. The average Bonchev–Trinajstić information content (AvgIpc) is 2.41. The van der Waals surface area contributed by atoms with Crippen molar-refractivity contribution in [3.05, 3.63) is 29.8 Å². The van der Waals surface area contributed by atoms with Gasteiger partial charge in [-0.05, 0) is 30.5 Å². The van der Waals surface area contributed by atoms with E-state index < -0.39 is 12.2 Å². The molecule has 0 spiro atoms. The molecule has 1 fully saturated rings. The van der Waals surface area contributed by atoms with Gasteiger partial charge >= 0.3 is 0 Å². The highest BCUT2D eigenvalue weighted by molar-refractivity contribution is 5.76. The van der Waals surface area contributed by atoms with Crippen molar-refractivity contribution in [3.8, 4) is 0 Å². The highest BCUT2D eigenvalue weighted by Crippen LogP contribution is 2.14. The van der Waals surface area contributed by atoms with Gasteiger partial charge in [-0.1, -0.05) is 12.1 Å². The molecule has 1 aromatic carbocycles. The van der Waals surface area contributed by atoms with Crippen molar-refractivity contribution in [3.63, 3.8) is 0 Å². The standard InChI is InChI=1S/C14H20N2O3/c15-11-4-1-10(2-5-11)3-6-14(19)16-8-7-12(17)13(18)9-16/h1-2,4-5,12-13,17-18H,3,6-9,15H2/t12-,13-/m0/s1. The van der Waals surface area contributed by atoms with Crippen LogP contribution in [0, 0.1) is 0 Å². The maximum atomic E-state index is 12.0. The first kappa shape index (κ1) is 13.8. The molecule has 1 amide bonds. The number of hydrogen-bond donors (Lipinski definition) is 3. The van der Waals surface area contributed by atoms with Gasteiger partial charge < -0.3 is 20.8 Å². The third-order valence-electron chi connectivity index (χ3n) is 3.51. The van der Waals surface area contributed by atoms with Gasteiger partial charge in [0.15, 0.2) is 0 Å². The fraction of sp³-hybridized carbons (Fsp3) is 0.500. The number of hydrogen-bond acceptors (Lipinski definition) is 4. The molecule has 1 saturated heterocycles. The minimum absolute atomic E-state index is 0.0165. The van der Waals surface area contributed by atoms with Crippen LogP contribution in [0.25, 0.3) is 0 Å². The van der Waals surface area contributed by atoms with E-state index in [0.29, 0.717) is 31.5 Å². The van der Waals surface area contributed by atoms with Crippen molar-refractivity contribution in [2.24, 2.45) is 0 Å². The number of anilines is 1. The molecular formula is C14H20N2O3. The van der Waals surface area contributed by atoms with E-state index in [1.165, 1.54) is 0 Å². The predicted octanol–water partition coefficient (Wildman–Crippen LogP) is 0.155. The van der Waals surface area contributed by atoms with Crippen molar-refractivity contribution in [1.82, 2.24) is 4.90 Å². The number of carbonyl (C=O) groups is 1. The van der Waals surface area contributed by atoms with E-state index in [-0.39, 0.29) is 12.5 Å². The summed E-state index contributed by atoms with van der Waals surface area (Å²) in [4.78, 5) is 13.6. The lowest BCUT2D eigenvalue weighted by Gasteiger charge is -2.33. The normalized spacial score (nSPS) is 23.4. The molecule has 5 nitrogen and oxygen atoms in total.